The molecule has 0 radical (unpaired) electrons. The molecule has 1 aromatic rings. The van der Waals surface area contributed by atoms with Crippen molar-refractivity contribution >= 4 is 11.9 Å². The van der Waals surface area contributed by atoms with Gasteiger partial charge < -0.3 is 10.2 Å². The third-order valence-electron chi connectivity index (χ3n) is 2.83. The number of carboxylic acids is 2. The van der Waals surface area contributed by atoms with Crippen LogP contribution in [-0.4, -0.2) is 22.2 Å². The number of aliphatic carboxylic acids is 2. The van der Waals surface area contributed by atoms with Crippen molar-refractivity contribution in [3.05, 3.63) is 35.4 Å². The maximum absolute atomic E-state index is 13.6. The Hall–Kier alpha value is -1.98. The second kappa shape index (κ2) is 5.12. The largest absolute Gasteiger partial charge is 0.481 e. The van der Waals surface area contributed by atoms with Gasteiger partial charge in [-0.15, -0.1) is 0 Å². The predicted octanol–water partition coefficient (Wildman–Crippen LogP) is 2.17. The minimum absolute atomic E-state index is 0.393. The van der Waals surface area contributed by atoms with Crippen LogP contribution in [0.25, 0.3) is 0 Å². The number of rotatable bonds is 5. The number of hydrogen-bond donors (Lipinski definition) is 2. The van der Waals surface area contributed by atoms with Gasteiger partial charge in [0.1, 0.15) is 11.6 Å². The standard InChI is InChI=1S/C12H12F2O4/c1-12(11(17)18,6-5-9(15)16)10-7(13)3-2-4-8(10)14/h2-4H,5-6H2,1H3,(H,15,16)(H,17,18). The highest BCUT2D eigenvalue weighted by Crippen LogP contribution is 2.33. The molecule has 0 saturated heterocycles. The zero-order chi connectivity index (χ0) is 13.9. The van der Waals surface area contributed by atoms with Crippen LogP contribution in [0, 0.1) is 11.6 Å². The second-order valence-corrected chi connectivity index (χ2v) is 4.13. The van der Waals surface area contributed by atoms with Crippen molar-refractivity contribution in [1.29, 1.82) is 0 Å². The summed E-state index contributed by atoms with van der Waals surface area (Å²) in [6, 6.07) is 3.01. The van der Waals surface area contributed by atoms with Gasteiger partial charge in [0.25, 0.3) is 0 Å². The zero-order valence-corrected chi connectivity index (χ0v) is 9.61. The van der Waals surface area contributed by atoms with Gasteiger partial charge in [0, 0.05) is 12.0 Å². The Morgan fingerprint density at radius 1 is 1.22 bits per heavy atom. The molecule has 0 aliphatic carbocycles. The van der Waals surface area contributed by atoms with E-state index >= 15 is 0 Å². The van der Waals surface area contributed by atoms with E-state index in [1.807, 2.05) is 0 Å². The monoisotopic (exact) mass is 258 g/mol. The lowest BCUT2D eigenvalue weighted by atomic mass is 9.78. The van der Waals surface area contributed by atoms with Gasteiger partial charge >= 0.3 is 11.9 Å². The summed E-state index contributed by atoms with van der Waals surface area (Å²) < 4.78 is 27.2. The van der Waals surface area contributed by atoms with Crippen LogP contribution in [0.15, 0.2) is 18.2 Å². The average Bonchev–Trinajstić information content (AvgIpc) is 2.25. The molecule has 0 amide bonds. The maximum Gasteiger partial charge on any atom is 0.314 e. The molecule has 0 heterocycles. The normalized spacial score (nSPS) is 13.9. The van der Waals surface area contributed by atoms with E-state index in [-0.39, 0.29) is 0 Å². The topological polar surface area (TPSA) is 74.6 Å². The summed E-state index contributed by atoms with van der Waals surface area (Å²) in [6.45, 7) is 1.11. The van der Waals surface area contributed by atoms with E-state index in [1.54, 1.807) is 0 Å². The summed E-state index contributed by atoms with van der Waals surface area (Å²) >= 11 is 0. The van der Waals surface area contributed by atoms with Crippen molar-refractivity contribution in [3.63, 3.8) is 0 Å². The van der Waals surface area contributed by atoms with Crippen LogP contribution in [0.4, 0.5) is 8.78 Å². The smallest absolute Gasteiger partial charge is 0.314 e. The van der Waals surface area contributed by atoms with Gasteiger partial charge in [-0.05, 0) is 25.5 Å². The molecule has 0 aromatic heterocycles. The Labute approximate surface area is 102 Å². The number of halogens is 2. The first kappa shape index (κ1) is 14.1. The Morgan fingerprint density at radius 2 is 1.72 bits per heavy atom. The van der Waals surface area contributed by atoms with Crippen molar-refractivity contribution in [2.75, 3.05) is 0 Å². The minimum Gasteiger partial charge on any atom is -0.481 e. The van der Waals surface area contributed by atoms with Gasteiger partial charge in [0.05, 0.1) is 5.41 Å². The first-order chi connectivity index (χ1) is 8.29. The number of benzene rings is 1. The summed E-state index contributed by atoms with van der Waals surface area (Å²) in [5.74, 6) is -4.68. The predicted molar refractivity (Wildman–Crippen MR) is 58.2 cm³/mol. The number of carbonyl (C=O) groups is 2. The fourth-order valence-electron chi connectivity index (χ4n) is 1.72. The molecule has 18 heavy (non-hydrogen) atoms. The van der Waals surface area contributed by atoms with Crippen LogP contribution in [-0.2, 0) is 15.0 Å². The SMILES string of the molecule is CC(CCC(=O)O)(C(=O)O)c1c(F)cccc1F. The van der Waals surface area contributed by atoms with Crippen molar-refractivity contribution in [3.8, 4) is 0 Å². The molecule has 0 bridgehead atoms. The highest BCUT2D eigenvalue weighted by molar-refractivity contribution is 5.82. The van der Waals surface area contributed by atoms with Crippen molar-refractivity contribution in [2.24, 2.45) is 0 Å². The Kier molecular flexibility index (Phi) is 4.00. The summed E-state index contributed by atoms with van der Waals surface area (Å²) in [5, 5.41) is 17.7. The van der Waals surface area contributed by atoms with Crippen LogP contribution in [0.5, 0.6) is 0 Å². The second-order valence-electron chi connectivity index (χ2n) is 4.13. The minimum atomic E-state index is -1.91. The average molecular weight is 258 g/mol. The van der Waals surface area contributed by atoms with E-state index < -0.39 is 47.4 Å². The molecule has 0 saturated carbocycles. The molecule has 0 aliphatic rings. The first-order valence-electron chi connectivity index (χ1n) is 5.18. The van der Waals surface area contributed by atoms with Crippen LogP contribution in [0.3, 0.4) is 0 Å². The lowest BCUT2D eigenvalue weighted by molar-refractivity contribution is -0.144. The molecule has 0 fully saturated rings. The van der Waals surface area contributed by atoms with Gasteiger partial charge in [-0.25, -0.2) is 8.78 Å². The fourth-order valence-corrected chi connectivity index (χ4v) is 1.72. The lowest BCUT2D eigenvalue weighted by Crippen LogP contribution is -2.35. The van der Waals surface area contributed by atoms with Gasteiger partial charge in [0.15, 0.2) is 0 Å². The number of carboxylic acid groups (broad SMARTS) is 2. The van der Waals surface area contributed by atoms with Crippen molar-refractivity contribution in [1.82, 2.24) is 0 Å². The number of hydrogen-bond acceptors (Lipinski definition) is 2. The first-order valence-corrected chi connectivity index (χ1v) is 5.18. The molecule has 1 aromatic carbocycles. The van der Waals surface area contributed by atoms with E-state index in [1.165, 1.54) is 0 Å². The molecule has 4 nitrogen and oxygen atoms in total. The van der Waals surface area contributed by atoms with E-state index in [9.17, 15) is 18.4 Å². The molecule has 1 rings (SSSR count). The zero-order valence-electron chi connectivity index (χ0n) is 9.61. The molecule has 2 N–H and O–H groups in total. The molecule has 98 valence electrons. The highest BCUT2D eigenvalue weighted by Gasteiger charge is 2.40. The van der Waals surface area contributed by atoms with E-state index in [0.29, 0.717) is 0 Å². The van der Waals surface area contributed by atoms with Crippen molar-refractivity contribution in [2.45, 2.75) is 25.2 Å². The van der Waals surface area contributed by atoms with Crippen LogP contribution in [0.2, 0.25) is 0 Å². The molecular weight excluding hydrogens is 246 g/mol. The lowest BCUT2D eigenvalue weighted by Gasteiger charge is -2.25. The third kappa shape index (κ3) is 2.64. The Morgan fingerprint density at radius 3 is 2.11 bits per heavy atom. The van der Waals surface area contributed by atoms with E-state index in [0.717, 1.165) is 25.1 Å². The van der Waals surface area contributed by atoms with Crippen LogP contribution < -0.4 is 0 Å². The van der Waals surface area contributed by atoms with Crippen LogP contribution in [0.1, 0.15) is 25.3 Å². The van der Waals surface area contributed by atoms with Gasteiger partial charge in [0.2, 0.25) is 0 Å². The summed E-state index contributed by atoms with van der Waals surface area (Å²) in [7, 11) is 0. The van der Waals surface area contributed by atoms with Gasteiger partial charge in [-0.3, -0.25) is 9.59 Å². The summed E-state index contributed by atoms with van der Waals surface area (Å²) in [5.41, 5.74) is -2.52. The highest BCUT2D eigenvalue weighted by atomic mass is 19.1. The maximum atomic E-state index is 13.6. The van der Waals surface area contributed by atoms with Gasteiger partial charge in [-0.2, -0.15) is 0 Å². The molecular formula is C12H12F2O4. The molecule has 0 spiro atoms. The quantitative estimate of drug-likeness (QED) is 0.848. The Balaban J connectivity index is 3.27. The third-order valence-corrected chi connectivity index (χ3v) is 2.83. The summed E-state index contributed by atoms with van der Waals surface area (Å²) in [4.78, 5) is 21.7. The van der Waals surface area contributed by atoms with Crippen LogP contribution >= 0.6 is 0 Å². The van der Waals surface area contributed by atoms with E-state index in [2.05, 4.69) is 0 Å². The van der Waals surface area contributed by atoms with E-state index in [4.69, 9.17) is 10.2 Å². The van der Waals surface area contributed by atoms with Crippen molar-refractivity contribution < 1.29 is 28.6 Å². The van der Waals surface area contributed by atoms with Gasteiger partial charge in [-0.1, -0.05) is 6.07 Å². The Bertz CT molecular complexity index is 467. The molecule has 0 aliphatic heterocycles. The summed E-state index contributed by atoms with van der Waals surface area (Å²) in [6.07, 6.45) is -0.883. The molecule has 1 atom stereocenters. The molecule has 1 unspecified atom stereocenters. The molecule has 6 heteroatoms. The fraction of sp³-hybridized carbons (Fsp3) is 0.333.